The Morgan fingerprint density at radius 1 is 1.29 bits per heavy atom. The second-order valence-electron chi connectivity index (χ2n) is 4.81. The maximum absolute atomic E-state index is 11.8. The maximum atomic E-state index is 11.8. The summed E-state index contributed by atoms with van der Waals surface area (Å²) >= 11 is 0. The highest BCUT2D eigenvalue weighted by Crippen LogP contribution is 2.15. The van der Waals surface area contributed by atoms with E-state index < -0.39 is 23.9 Å². The number of carbonyl (C=O) groups is 3. The van der Waals surface area contributed by atoms with Crippen LogP contribution < -0.4 is 16.4 Å². The number of primary amides is 1. The Morgan fingerprint density at radius 3 is 2.48 bits per heavy atom. The van der Waals surface area contributed by atoms with Crippen molar-refractivity contribution in [3.63, 3.8) is 0 Å². The summed E-state index contributed by atoms with van der Waals surface area (Å²) in [6, 6.07) is 3.67. The van der Waals surface area contributed by atoms with Crippen LogP contribution in [0.5, 0.6) is 0 Å². The summed E-state index contributed by atoms with van der Waals surface area (Å²) in [4.78, 5) is 33.5. The highest BCUT2D eigenvalue weighted by atomic mass is 16.4. The van der Waals surface area contributed by atoms with Crippen LogP contribution in [-0.4, -0.2) is 29.1 Å². The van der Waals surface area contributed by atoms with Gasteiger partial charge in [0.25, 0.3) is 0 Å². The zero-order valence-electron chi connectivity index (χ0n) is 12.0. The molecule has 1 aromatic carbocycles. The van der Waals surface area contributed by atoms with E-state index in [4.69, 9.17) is 10.8 Å². The number of carboxylic acids is 1. The molecule has 5 N–H and O–H groups in total. The van der Waals surface area contributed by atoms with E-state index in [0.717, 1.165) is 11.1 Å². The van der Waals surface area contributed by atoms with E-state index in [-0.39, 0.29) is 12.8 Å². The number of amides is 3. The van der Waals surface area contributed by atoms with Gasteiger partial charge in [0, 0.05) is 12.1 Å². The van der Waals surface area contributed by atoms with Gasteiger partial charge < -0.3 is 21.5 Å². The van der Waals surface area contributed by atoms with Crippen LogP contribution in [-0.2, 0) is 9.59 Å². The number of aliphatic carboxylic acids is 1. The van der Waals surface area contributed by atoms with Crippen molar-refractivity contribution in [2.24, 2.45) is 5.73 Å². The first-order valence-corrected chi connectivity index (χ1v) is 6.45. The summed E-state index contributed by atoms with van der Waals surface area (Å²) < 4.78 is 0. The summed E-state index contributed by atoms with van der Waals surface area (Å²) in [7, 11) is 0. The molecule has 0 fully saturated rings. The fourth-order valence-corrected chi connectivity index (χ4v) is 1.81. The predicted octanol–water partition coefficient (Wildman–Crippen LogP) is 1.14. The van der Waals surface area contributed by atoms with Crippen LogP contribution in [0.25, 0.3) is 0 Å². The number of carboxylic acid groups (broad SMARTS) is 1. The third-order valence-electron chi connectivity index (χ3n) is 2.91. The predicted molar refractivity (Wildman–Crippen MR) is 77.9 cm³/mol. The Hall–Kier alpha value is -2.57. The molecule has 0 aliphatic heterocycles. The van der Waals surface area contributed by atoms with Gasteiger partial charge in [-0.3, -0.25) is 4.79 Å². The van der Waals surface area contributed by atoms with Crippen LogP contribution in [0.15, 0.2) is 18.2 Å². The number of hydrogen-bond donors (Lipinski definition) is 4. The van der Waals surface area contributed by atoms with Gasteiger partial charge in [-0.15, -0.1) is 0 Å². The standard InChI is InChI=1S/C14H19N3O4/c1-8-3-4-10(9(2)7-8)16-14(21)17-11(13(19)20)5-6-12(15)18/h3-4,7,11H,5-6H2,1-2H3,(H2,15,18)(H,19,20)(H2,16,17,21)/t11-/m1/s1. The molecule has 0 unspecified atom stereocenters. The molecule has 3 amide bonds. The molecule has 0 radical (unpaired) electrons. The fraction of sp³-hybridized carbons (Fsp3) is 0.357. The van der Waals surface area contributed by atoms with E-state index in [1.165, 1.54) is 0 Å². The monoisotopic (exact) mass is 293 g/mol. The average molecular weight is 293 g/mol. The molecule has 0 bridgehead atoms. The number of aryl methyl sites for hydroxylation is 2. The molecule has 7 heteroatoms. The van der Waals surface area contributed by atoms with Crippen molar-refractivity contribution in [1.29, 1.82) is 0 Å². The number of benzene rings is 1. The summed E-state index contributed by atoms with van der Waals surface area (Å²) in [6.07, 6.45) is -0.161. The Kier molecular flexibility index (Phi) is 5.71. The Labute approximate surface area is 122 Å². The summed E-state index contributed by atoms with van der Waals surface area (Å²) in [6.45, 7) is 3.77. The van der Waals surface area contributed by atoms with Gasteiger partial charge in [0.2, 0.25) is 5.91 Å². The molecule has 114 valence electrons. The second-order valence-corrected chi connectivity index (χ2v) is 4.81. The zero-order chi connectivity index (χ0) is 16.0. The van der Waals surface area contributed by atoms with Crippen molar-refractivity contribution < 1.29 is 19.5 Å². The van der Waals surface area contributed by atoms with Crippen LogP contribution in [0.3, 0.4) is 0 Å². The smallest absolute Gasteiger partial charge is 0.326 e. The normalized spacial score (nSPS) is 11.5. The number of anilines is 1. The minimum Gasteiger partial charge on any atom is -0.480 e. The van der Waals surface area contributed by atoms with E-state index in [2.05, 4.69) is 10.6 Å². The van der Waals surface area contributed by atoms with Crippen molar-refractivity contribution in [2.45, 2.75) is 32.7 Å². The molecule has 0 aliphatic carbocycles. The first-order valence-electron chi connectivity index (χ1n) is 6.45. The van der Waals surface area contributed by atoms with Crippen molar-refractivity contribution in [2.75, 3.05) is 5.32 Å². The lowest BCUT2D eigenvalue weighted by Gasteiger charge is -2.15. The lowest BCUT2D eigenvalue weighted by Crippen LogP contribution is -2.43. The minimum absolute atomic E-state index is 0.0506. The molecule has 0 saturated heterocycles. The first-order chi connectivity index (χ1) is 9.79. The molecule has 0 aliphatic rings. The molecule has 0 heterocycles. The molecule has 0 spiro atoms. The van der Waals surface area contributed by atoms with Crippen molar-refractivity contribution in [1.82, 2.24) is 5.32 Å². The van der Waals surface area contributed by atoms with Gasteiger partial charge >= 0.3 is 12.0 Å². The largest absolute Gasteiger partial charge is 0.480 e. The molecular formula is C14H19N3O4. The average Bonchev–Trinajstić information content (AvgIpc) is 2.37. The van der Waals surface area contributed by atoms with E-state index in [9.17, 15) is 14.4 Å². The van der Waals surface area contributed by atoms with Gasteiger partial charge in [0.05, 0.1) is 0 Å². The third kappa shape index (κ3) is 5.52. The SMILES string of the molecule is Cc1ccc(NC(=O)N[C@H](CCC(N)=O)C(=O)O)c(C)c1. The molecule has 7 nitrogen and oxygen atoms in total. The Morgan fingerprint density at radius 2 is 1.95 bits per heavy atom. The number of hydrogen-bond acceptors (Lipinski definition) is 3. The van der Waals surface area contributed by atoms with Crippen LogP contribution >= 0.6 is 0 Å². The first kappa shape index (κ1) is 16.5. The molecule has 0 aromatic heterocycles. The number of nitrogens with one attached hydrogen (secondary N) is 2. The van der Waals surface area contributed by atoms with E-state index in [1.54, 1.807) is 6.07 Å². The molecule has 1 atom stereocenters. The van der Waals surface area contributed by atoms with Crippen molar-refractivity contribution >= 4 is 23.6 Å². The highest BCUT2D eigenvalue weighted by molar-refractivity contribution is 5.93. The highest BCUT2D eigenvalue weighted by Gasteiger charge is 2.20. The Bertz CT molecular complexity index is 557. The number of urea groups is 1. The van der Waals surface area contributed by atoms with Gasteiger partial charge in [0.1, 0.15) is 6.04 Å². The molecular weight excluding hydrogens is 274 g/mol. The van der Waals surface area contributed by atoms with E-state index in [0.29, 0.717) is 5.69 Å². The zero-order valence-corrected chi connectivity index (χ0v) is 12.0. The number of carbonyl (C=O) groups excluding carboxylic acids is 2. The quantitative estimate of drug-likeness (QED) is 0.628. The summed E-state index contributed by atoms with van der Waals surface area (Å²) in [5.41, 5.74) is 7.49. The lowest BCUT2D eigenvalue weighted by molar-refractivity contribution is -0.139. The maximum Gasteiger partial charge on any atom is 0.326 e. The van der Waals surface area contributed by atoms with Crippen LogP contribution in [0, 0.1) is 13.8 Å². The van der Waals surface area contributed by atoms with Gasteiger partial charge in [-0.05, 0) is 31.9 Å². The van der Waals surface area contributed by atoms with Crippen LogP contribution in [0.2, 0.25) is 0 Å². The Balaban J connectivity index is 2.65. The van der Waals surface area contributed by atoms with E-state index >= 15 is 0 Å². The topological polar surface area (TPSA) is 122 Å². The van der Waals surface area contributed by atoms with Crippen molar-refractivity contribution in [3.05, 3.63) is 29.3 Å². The molecule has 1 aromatic rings. The fourth-order valence-electron chi connectivity index (χ4n) is 1.81. The molecule has 1 rings (SSSR count). The van der Waals surface area contributed by atoms with Gasteiger partial charge in [-0.2, -0.15) is 0 Å². The van der Waals surface area contributed by atoms with Crippen LogP contribution in [0.1, 0.15) is 24.0 Å². The van der Waals surface area contributed by atoms with Gasteiger partial charge in [-0.1, -0.05) is 17.7 Å². The van der Waals surface area contributed by atoms with E-state index in [1.807, 2.05) is 26.0 Å². The third-order valence-corrected chi connectivity index (χ3v) is 2.91. The molecule has 21 heavy (non-hydrogen) atoms. The minimum atomic E-state index is -1.22. The van der Waals surface area contributed by atoms with Crippen LogP contribution in [0.4, 0.5) is 10.5 Å². The number of rotatable bonds is 6. The van der Waals surface area contributed by atoms with Gasteiger partial charge in [-0.25, -0.2) is 9.59 Å². The lowest BCUT2D eigenvalue weighted by atomic mass is 10.1. The van der Waals surface area contributed by atoms with Crippen molar-refractivity contribution in [3.8, 4) is 0 Å². The number of nitrogens with two attached hydrogens (primary N) is 1. The summed E-state index contributed by atoms with van der Waals surface area (Å²) in [5, 5.41) is 13.9. The van der Waals surface area contributed by atoms with Gasteiger partial charge in [0.15, 0.2) is 0 Å². The second kappa shape index (κ2) is 7.28. The summed E-state index contributed by atoms with van der Waals surface area (Å²) in [5.74, 6) is -1.83. The molecule has 0 saturated carbocycles.